The quantitative estimate of drug-likeness (QED) is 0.404. The van der Waals surface area contributed by atoms with Crippen LogP contribution in [0.4, 0.5) is 0 Å². The molecule has 28 heavy (non-hydrogen) atoms. The van der Waals surface area contributed by atoms with Crippen LogP contribution in [0, 0.1) is 0 Å². The molecule has 4 heteroatoms. The second-order valence-corrected chi connectivity index (χ2v) is 9.05. The number of aromatic nitrogens is 1. The van der Waals surface area contributed by atoms with Crippen molar-refractivity contribution in [2.45, 2.75) is 31.1 Å². The molecule has 0 atom stereocenters. The summed E-state index contributed by atoms with van der Waals surface area (Å²) in [6.07, 6.45) is 3.46. The summed E-state index contributed by atoms with van der Waals surface area (Å²) in [5.74, 6) is 1.80. The van der Waals surface area contributed by atoms with Crippen molar-refractivity contribution in [1.29, 1.82) is 0 Å². The first-order valence-corrected chi connectivity index (χ1v) is 11.5. The zero-order valence-corrected chi connectivity index (χ0v) is 17.9. The Balaban J connectivity index is 1.23. The van der Waals surface area contributed by atoms with Gasteiger partial charge in [-0.1, -0.05) is 50.2 Å². The lowest BCUT2D eigenvalue weighted by Gasteiger charge is -2.37. The molecule has 0 unspecified atom stereocenters. The number of para-hydroxylation sites is 1. The van der Waals surface area contributed by atoms with Gasteiger partial charge < -0.3 is 5.01 Å². The summed E-state index contributed by atoms with van der Waals surface area (Å²) < 4.78 is 2.34. The second kappa shape index (κ2) is 9.06. The van der Waals surface area contributed by atoms with E-state index in [0.717, 1.165) is 26.2 Å². The highest BCUT2D eigenvalue weighted by atomic mass is 32.2. The number of hydrogen-bond donors (Lipinski definition) is 0. The van der Waals surface area contributed by atoms with Crippen LogP contribution in [0.1, 0.15) is 31.7 Å². The summed E-state index contributed by atoms with van der Waals surface area (Å²) >= 11 is 2.02. The maximum absolute atomic E-state index is 2.62. The number of benzene rings is 2. The van der Waals surface area contributed by atoms with Crippen LogP contribution in [0.2, 0.25) is 0 Å². The first-order chi connectivity index (χ1) is 13.7. The highest BCUT2D eigenvalue weighted by Gasteiger charge is 2.17. The topological polar surface area (TPSA) is 11.4 Å². The normalized spacial score (nSPS) is 15.6. The Labute approximate surface area is 173 Å². The number of fused-ring (bicyclic) bond motifs is 1. The molecule has 1 fully saturated rings. The lowest BCUT2D eigenvalue weighted by atomic mass is 10.0. The fourth-order valence-electron chi connectivity index (χ4n) is 4.05. The van der Waals surface area contributed by atoms with Gasteiger partial charge in [-0.05, 0) is 48.4 Å². The molecule has 0 spiro atoms. The monoisotopic (exact) mass is 393 g/mol. The van der Waals surface area contributed by atoms with Crippen molar-refractivity contribution < 1.29 is 0 Å². The molecule has 3 aromatic rings. The number of piperazine rings is 1. The van der Waals surface area contributed by atoms with Crippen molar-refractivity contribution in [2.75, 3.05) is 43.5 Å². The smallest absolute Gasteiger partial charge is 0.0694 e. The molecule has 0 N–H and O–H groups in total. The molecular formula is C24H31N3S. The maximum Gasteiger partial charge on any atom is 0.0694 e. The zero-order valence-electron chi connectivity index (χ0n) is 17.1. The van der Waals surface area contributed by atoms with Crippen LogP contribution in [0.15, 0.2) is 65.7 Å². The van der Waals surface area contributed by atoms with Gasteiger partial charge >= 0.3 is 0 Å². The lowest BCUT2D eigenvalue weighted by molar-refractivity contribution is 0.242. The van der Waals surface area contributed by atoms with E-state index < -0.39 is 0 Å². The Morgan fingerprint density at radius 1 is 0.893 bits per heavy atom. The Morgan fingerprint density at radius 3 is 2.46 bits per heavy atom. The Hall–Kier alpha value is -1.91. The Kier molecular flexibility index (Phi) is 6.28. The van der Waals surface area contributed by atoms with Crippen LogP contribution in [-0.4, -0.2) is 48.1 Å². The van der Waals surface area contributed by atoms with Gasteiger partial charge in [-0.15, -0.1) is 11.8 Å². The summed E-state index contributed by atoms with van der Waals surface area (Å²) in [7, 11) is 0. The van der Waals surface area contributed by atoms with Gasteiger partial charge in [-0.2, -0.15) is 0 Å². The van der Waals surface area contributed by atoms with E-state index in [-0.39, 0.29) is 0 Å². The first-order valence-electron chi connectivity index (χ1n) is 10.5. The first kappa shape index (κ1) is 19.4. The third-order valence-corrected chi connectivity index (χ3v) is 6.83. The summed E-state index contributed by atoms with van der Waals surface area (Å²) in [4.78, 5) is 4.08. The fraction of sp³-hybridized carbons (Fsp3) is 0.417. The lowest BCUT2D eigenvalue weighted by Crippen LogP contribution is -2.51. The molecule has 0 amide bonds. The van der Waals surface area contributed by atoms with E-state index in [4.69, 9.17) is 0 Å². The molecular weight excluding hydrogens is 362 g/mol. The molecule has 0 aliphatic carbocycles. The molecule has 1 aromatic heterocycles. The van der Waals surface area contributed by atoms with Gasteiger partial charge in [-0.25, -0.2) is 0 Å². The predicted molar refractivity (Wildman–Crippen MR) is 122 cm³/mol. The van der Waals surface area contributed by atoms with Crippen LogP contribution in [0.25, 0.3) is 10.9 Å². The largest absolute Gasteiger partial charge is 0.310 e. The summed E-state index contributed by atoms with van der Waals surface area (Å²) in [6.45, 7) is 10.3. The van der Waals surface area contributed by atoms with Crippen LogP contribution >= 0.6 is 11.8 Å². The highest BCUT2D eigenvalue weighted by molar-refractivity contribution is 7.99. The van der Waals surface area contributed by atoms with E-state index in [1.165, 1.54) is 40.1 Å². The Morgan fingerprint density at radius 2 is 1.64 bits per heavy atom. The molecule has 1 aliphatic heterocycles. The van der Waals surface area contributed by atoms with E-state index in [9.17, 15) is 0 Å². The fourth-order valence-corrected chi connectivity index (χ4v) is 5.19. The van der Waals surface area contributed by atoms with Crippen molar-refractivity contribution in [3.8, 4) is 0 Å². The average Bonchev–Trinajstić information content (AvgIpc) is 3.16. The third kappa shape index (κ3) is 4.39. The van der Waals surface area contributed by atoms with Crippen LogP contribution in [0.3, 0.4) is 0 Å². The molecule has 1 aliphatic rings. The van der Waals surface area contributed by atoms with Crippen molar-refractivity contribution in [3.63, 3.8) is 0 Å². The molecule has 0 bridgehead atoms. The van der Waals surface area contributed by atoms with E-state index in [2.05, 4.69) is 89.2 Å². The van der Waals surface area contributed by atoms with E-state index in [1.54, 1.807) is 0 Å². The van der Waals surface area contributed by atoms with Crippen molar-refractivity contribution in [2.24, 2.45) is 0 Å². The minimum atomic E-state index is 0.599. The zero-order chi connectivity index (χ0) is 19.3. The van der Waals surface area contributed by atoms with Gasteiger partial charge in [0.05, 0.1) is 5.52 Å². The minimum absolute atomic E-state index is 0.599. The molecule has 0 radical (unpaired) electrons. The predicted octanol–water partition coefficient (Wildman–Crippen LogP) is 5.20. The van der Waals surface area contributed by atoms with Crippen molar-refractivity contribution >= 4 is 22.7 Å². The number of hydrogen-bond acceptors (Lipinski definition) is 3. The number of rotatable bonds is 7. The van der Waals surface area contributed by atoms with Gasteiger partial charge in [0.15, 0.2) is 0 Å². The molecule has 4 rings (SSSR count). The maximum atomic E-state index is 2.62. The van der Waals surface area contributed by atoms with Gasteiger partial charge in [0.2, 0.25) is 0 Å². The molecule has 2 heterocycles. The molecule has 148 valence electrons. The van der Waals surface area contributed by atoms with Gasteiger partial charge in [0, 0.05) is 42.7 Å². The van der Waals surface area contributed by atoms with E-state index >= 15 is 0 Å². The summed E-state index contributed by atoms with van der Waals surface area (Å²) in [5.41, 5.74) is 2.80. The van der Waals surface area contributed by atoms with Crippen molar-refractivity contribution in [1.82, 2.24) is 9.58 Å². The number of nitrogens with zero attached hydrogens (tertiary/aromatic N) is 3. The summed E-state index contributed by atoms with van der Waals surface area (Å²) in [5, 5.41) is 3.80. The summed E-state index contributed by atoms with van der Waals surface area (Å²) in [6, 6.07) is 19.7. The van der Waals surface area contributed by atoms with Crippen LogP contribution < -0.4 is 5.01 Å². The van der Waals surface area contributed by atoms with Gasteiger partial charge in [0.25, 0.3) is 0 Å². The van der Waals surface area contributed by atoms with Gasteiger partial charge in [-0.3, -0.25) is 9.58 Å². The van der Waals surface area contributed by atoms with E-state index in [1.807, 2.05) is 11.8 Å². The minimum Gasteiger partial charge on any atom is -0.310 e. The molecule has 0 saturated carbocycles. The average molecular weight is 394 g/mol. The second-order valence-electron chi connectivity index (χ2n) is 7.91. The molecule has 2 aromatic carbocycles. The highest BCUT2D eigenvalue weighted by Crippen LogP contribution is 2.28. The van der Waals surface area contributed by atoms with Crippen molar-refractivity contribution in [3.05, 3.63) is 66.4 Å². The third-order valence-electron chi connectivity index (χ3n) is 5.65. The SMILES string of the molecule is CC(C)c1ccccc1SCCCN1CCN(n2ccc3ccccc32)CC1. The molecule has 3 nitrogen and oxygen atoms in total. The van der Waals surface area contributed by atoms with E-state index in [0.29, 0.717) is 5.92 Å². The number of thioether (sulfide) groups is 1. The van der Waals surface area contributed by atoms with Gasteiger partial charge in [0.1, 0.15) is 0 Å². The Bertz CT molecular complexity index is 894. The van der Waals surface area contributed by atoms with Crippen LogP contribution in [-0.2, 0) is 0 Å². The standard InChI is InChI=1S/C24H31N3S/c1-20(2)22-9-4-6-11-24(22)28-19-7-13-25-15-17-26(18-16-25)27-14-12-21-8-3-5-10-23(21)27/h3-6,8-12,14,20H,7,13,15-19H2,1-2H3. The van der Waals surface area contributed by atoms with Crippen LogP contribution in [0.5, 0.6) is 0 Å². The molecule has 1 saturated heterocycles.